The summed E-state index contributed by atoms with van der Waals surface area (Å²) in [5.41, 5.74) is 1.94. The molecule has 126 valence electrons. The maximum absolute atomic E-state index is 12.3. The first-order chi connectivity index (χ1) is 11.5. The Hall–Kier alpha value is -2.40. The summed E-state index contributed by atoms with van der Waals surface area (Å²) < 4.78 is 11.2. The van der Waals surface area contributed by atoms with Crippen LogP contribution in [0, 0.1) is 6.92 Å². The minimum absolute atomic E-state index is 0.0465. The number of hydrogen-bond donors (Lipinski definition) is 2. The van der Waals surface area contributed by atoms with Crippen molar-refractivity contribution in [1.82, 2.24) is 5.32 Å². The normalized spacial score (nSPS) is 13.2. The largest absolute Gasteiger partial charge is 0.507 e. The van der Waals surface area contributed by atoms with E-state index in [0.29, 0.717) is 29.7 Å². The van der Waals surface area contributed by atoms with Crippen molar-refractivity contribution in [2.75, 3.05) is 13.2 Å². The van der Waals surface area contributed by atoms with Crippen molar-refractivity contribution < 1.29 is 19.4 Å². The Morgan fingerprint density at radius 3 is 2.88 bits per heavy atom. The molecule has 0 bridgehead atoms. The average molecular weight is 348 g/mol. The van der Waals surface area contributed by atoms with Gasteiger partial charge in [-0.25, -0.2) is 0 Å². The molecule has 1 aliphatic heterocycles. The standard InChI is InChI=1S/C18H18ClNO4/c1-11-3-4-15(21)13(7-11)18(22)20-10-12-8-14(19)17-16(9-12)23-5-2-6-24-17/h3-4,7-9,21H,2,5-6,10H2,1H3,(H,20,22). The number of aryl methyl sites for hydroxylation is 1. The molecule has 0 saturated heterocycles. The molecule has 0 fully saturated rings. The maximum atomic E-state index is 12.3. The minimum Gasteiger partial charge on any atom is -0.507 e. The van der Waals surface area contributed by atoms with Crippen molar-refractivity contribution in [2.45, 2.75) is 19.9 Å². The predicted molar refractivity (Wildman–Crippen MR) is 91.1 cm³/mol. The molecule has 5 nitrogen and oxygen atoms in total. The van der Waals surface area contributed by atoms with Crippen LogP contribution in [0.3, 0.4) is 0 Å². The summed E-state index contributed by atoms with van der Waals surface area (Å²) in [6.45, 7) is 3.26. The van der Waals surface area contributed by atoms with Crippen LogP contribution in [0.2, 0.25) is 5.02 Å². The lowest BCUT2D eigenvalue weighted by molar-refractivity contribution is 0.0948. The highest BCUT2D eigenvalue weighted by Crippen LogP contribution is 2.38. The zero-order valence-corrected chi connectivity index (χ0v) is 14.0. The van der Waals surface area contributed by atoms with E-state index in [1.54, 1.807) is 18.2 Å². The van der Waals surface area contributed by atoms with Crippen LogP contribution >= 0.6 is 11.6 Å². The Kier molecular flexibility index (Phi) is 4.81. The molecule has 1 amide bonds. The van der Waals surface area contributed by atoms with Crippen LogP contribution in [0.15, 0.2) is 30.3 Å². The molecule has 1 heterocycles. The zero-order chi connectivity index (χ0) is 17.1. The number of halogens is 1. The number of hydrogen-bond acceptors (Lipinski definition) is 4. The molecular formula is C18H18ClNO4. The number of ether oxygens (including phenoxy) is 2. The SMILES string of the molecule is Cc1ccc(O)c(C(=O)NCc2cc(Cl)c3c(c2)OCCCO3)c1. The van der Waals surface area contributed by atoms with Gasteiger partial charge < -0.3 is 19.9 Å². The summed E-state index contributed by atoms with van der Waals surface area (Å²) in [4.78, 5) is 12.3. The van der Waals surface area contributed by atoms with Gasteiger partial charge in [-0.05, 0) is 36.8 Å². The highest BCUT2D eigenvalue weighted by Gasteiger charge is 2.16. The highest BCUT2D eigenvalue weighted by molar-refractivity contribution is 6.32. The molecule has 2 N–H and O–H groups in total. The topological polar surface area (TPSA) is 67.8 Å². The van der Waals surface area contributed by atoms with E-state index in [0.717, 1.165) is 17.5 Å². The van der Waals surface area contributed by atoms with E-state index in [4.69, 9.17) is 21.1 Å². The average Bonchev–Trinajstić information content (AvgIpc) is 2.80. The van der Waals surface area contributed by atoms with E-state index in [9.17, 15) is 9.90 Å². The molecule has 0 radical (unpaired) electrons. The molecular weight excluding hydrogens is 330 g/mol. The monoisotopic (exact) mass is 347 g/mol. The third-order valence-corrected chi connectivity index (χ3v) is 3.99. The lowest BCUT2D eigenvalue weighted by Gasteiger charge is -2.12. The first-order valence-electron chi connectivity index (χ1n) is 7.70. The molecule has 3 rings (SSSR count). The molecule has 0 saturated carbocycles. The van der Waals surface area contributed by atoms with Crippen LogP contribution in [-0.4, -0.2) is 24.2 Å². The molecule has 0 aromatic heterocycles. The second-order valence-corrected chi connectivity index (χ2v) is 6.07. The molecule has 0 spiro atoms. The van der Waals surface area contributed by atoms with E-state index in [-0.39, 0.29) is 23.8 Å². The number of rotatable bonds is 3. The van der Waals surface area contributed by atoms with Gasteiger partial charge in [0.15, 0.2) is 11.5 Å². The summed E-state index contributed by atoms with van der Waals surface area (Å²) in [6, 6.07) is 8.45. The fourth-order valence-electron chi connectivity index (χ4n) is 2.50. The molecule has 2 aromatic rings. The Morgan fingerprint density at radius 2 is 2.04 bits per heavy atom. The van der Waals surface area contributed by atoms with E-state index in [1.807, 2.05) is 13.0 Å². The second-order valence-electron chi connectivity index (χ2n) is 5.66. The Balaban J connectivity index is 1.75. The second kappa shape index (κ2) is 7.01. The van der Waals surface area contributed by atoms with E-state index >= 15 is 0 Å². The number of nitrogens with one attached hydrogen (secondary N) is 1. The molecule has 2 aromatic carbocycles. The molecule has 24 heavy (non-hydrogen) atoms. The van der Waals surface area contributed by atoms with Gasteiger partial charge in [0.1, 0.15) is 5.75 Å². The summed E-state index contributed by atoms with van der Waals surface area (Å²) in [5, 5.41) is 13.1. The van der Waals surface area contributed by atoms with Gasteiger partial charge in [-0.1, -0.05) is 23.2 Å². The number of amides is 1. The lowest BCUT2D eigenvalue weighted by atomic mass is 10.1. The van der Waals surface area contributed by atoms with Crippen molar-refractivity contribution in [3.8, 4) is 17.2 Å². The smallest absolute Gasteiger partial charge is 0.255 e. The van der Waals surface area contributed by atoms with Crippen LogP contribution in [0.4, 0.5) is 0 Å². The maximum Gasteiger partial charge on any atom is 0.255 e. The number of fused-ring (bicyclic) bond motifs is 1. The van der Waals surface area contributed by atoms with Gasteiger partial charge in [0.05, 0.1) is 23.8 Å². The van der Waals surface area contributed by atoms with Crippen molar-refractivity contribution in [2.24, 2.45) is 0 Å². The van der Waals surface area contributed by atoms with Gasteiger partial charge in [0.2, 0.25) is 0 Å². The van der Waals surface area contributed by atoms with Crippen molar-refractivity contribution >= 4 is 17.5 Å². The van der Waals surface area contributed by atoms with Gasteiger partial charge in [0, 0.05) is 13.0 Å². The number of carbonyl (C=O) groups is 1. The van der Waals surface area contributed by atoms with Crippen LogP contribution < -0.4 is 14.8 Å². The molecule has 0 atom stereocenters. The Bertz CT molecular complexity index is 776. The Labute approximate surface area is 145 Å². The van der Waals surface area contributed by atoms with Crippen molar-refractivity contribution in [3.05, 3.63) is 52.0 Å². The van der Waals surface area contributed by atoms with Gasteiger partial charge in [-0.15, -0.1) is 0 Å². The van der Waals surface area contributed by atoms with E-state index in [2.05, 4.69) is 5.32 Å². The number of benzene rings is 2. The van der Waals surface area contributed by atoms with Crippen molar-refractivity contribution in [3.63, 3.8) is 0 Å². The van der Waals surface area contributed by atoms with E-state index in [1.165, 1.54) is 6.07 Å². The van der Waals surface area contributed by atoms with Gasteiger partial charge in [0.25, 0.3) is 5.91 Å². The highest BCUT2D eigenvalue weighted by atomic mass is 35.5. The van der Waals surface area contributed by atoms with E-state index < -0.39 is 0 Å². The number of carbonyl (C=O) groups excluding carboxylic acids is 1. The first kappa shape index (κ1) is 16.5. The quantitative estimate of drug-likeness (QED) is 0.892. The predicted octanol–water partition coefficient (Wildman–Crippen LogP) is 3.45. The van der Waals surface area contributed by atoms with Gasteiger partial charge in [-0.3, -0.25) is 4.79 Å². The minimum atomic E-state index is -0.348. The summed E-state index contributed by atoms with van der Waals surface area (Å²) in [6.07, 6.45) is 0.795. The third-order valence-electron chi connectivity index (χ3n) is 3.71. The van der Waals surface area contributed by atoms with Crippen LogP contribution in [0.1, 0.15) is 27.9 Å². The summed E-state index contributed by atoms with van der Waals surface area (Å²) in [7, 11) is 0. The molecule has 0 unspecified atom stereocenters. The number of aromatic hydroxyl groups is 1. The first-order valence-corrected chi connectivity index (χ1v) is 8.08. The van der Waals surface area contributed by atoms with Crippen LogP contribution in [0.25, 0.3) is 0 Å². The lowest BCUT2D eigenvalue weighted by Crippen LogP contribution is -2.23. The Morgan fingerprint density at radius 1 is 1.25 bits per heavy atom. The third kappa shape index (κ3) is 3.57. The summed E-state index contributed by atoms with van der Waals surface area (Å²) >= 11 is 6.24. The molecule has 0 aliphatic carbocycles. The van der Waals surface area contributed by atoms with Crippen LogP contribution in [0.5, 0.6) is 17.2 Å². The molecule has 1 aliphatic rings. The number of phenols is 1. The van der Waals surface area contributed by atoms with Crippen molar-refractivity contribution in [1.29, 1.82) is 0 Å². The fourth-order valence-corrected chi connectivity index (χ4v) is 2.78. The molecule has 6 heteroatoms. The number of phenolic OH excluding ortho intramolecular Hbond substituents is 1. The van der Waals surface area contributed by atoms with Gasteiger partial charge >= 0.3 is 0 Å². The fraction of sp³-hybridized carbons (Fsp3) is 0.278. The van der Waals surface area contributed by atoms with Gasteiger partial charge in [-0.2, -0.15) is 0 Å². The van der Waals surface area contributed by atoms with Crippen LogP contribution in [-0.2, 0) is 6.54 Å². The summed E-state index contributed by atoms with van der Waals surface area (Å²) in [5.74, 6) is 0.734. The zero-order valence-electron chi connectivity index (χ0n) is 13.3.